The fourth-order valence-electron chi connectivity index (χ4n) is 5.41. The number of nitrogens with two attached hydrogens (primary N) is 1. The number of carbonyl (C=O) groups is 1. The van der Waals surface area contributed by atoms with E-state index in [1.165, 1.54) is 5.56 Å². The van der Waals surface area contributed by atoms with Gasteiger partial charge in [-0.2, -0.15) is 4.98 Å². The highest BCUT2D eigenvalue weighted by Crippen LogP contribution is 2.51. The van der Waals surface area contributed by atoms with Gasteiger partial charge in [-0.15, -0.1) is 0 Å². The van der Waals surface area contributed by atoms with E-state index in [1.807, 2.05) is 12.1 Å². The van der Waals surface area contributed by atoms with E-state index in [0.717, 1.165) is 31.3 Å². The zero-order chi connectivity index (χ0) is 19.4. The molecule has 5 unspecified atom stereocenters. The number of amides is 1. The smallest absolute Gasteiger partial charge is 0.229 e. The first kappa shape index (κ1) is 17.4. The first-order chi connectivity index (χ1) is 13.5. The van der Waals surface area contributed by atoms with Crippen molar-refractivity contribution in [2.45, 2.75) is 31.5 Å². The van der Waals surface area contributed by atoms with Crippen LogP contribution < -0.4 is 16.4 Å². The van der Waals surface area contributed by atoms with Crippen molar-refractivity contribution in [1.82, 2.24) is 14.9 Å². The van der Waals surface area contributed by atoms with E-state index in [4.69, 9.17) is 5.73 Å². The number of benzene rings is 1. The summed E-state index contributed by atoms with van der Waals surface area (Å²) >= 11 is 0. The fourth-order valence-corrected chi connectivity index (χ4v) is 5.41. The SMILES string of the molecule is CN1Cc2cccc(c2)Nc2ncc(F)c(n2)NC2C3CC(CC31)C2C(N)=O. The molecule has 0 saturated heterocycles. The average Bonchev–Trinajstić information content (AvgIpc) is 3.23. The van der Waals surface area contributed by atoms with Crippen LogP contribution in [0.15, 0.2) is 30.5 Å². The summed E-state index contributed by atoms with van der Waals surface area (Å²) < 4.78 is 14.5. The van der Waals surface area contributed by atoms with Crippen LogP contribution in [-0.4, -0.2) is 39.9 Å². The van der Waals surface area contributed by atoms with Crippen LogP contribution >= 0.6 is 0 Å². The van der Waals surface area contributed by atoms with Crippen LogP contribution in [0.1, 0.15) is 18.4 Å². The molecular formula is C20H23FN6O. The van der Waals surface area contributed by atoms with Crippen LogP contribution in [0.5, 0.6) is 0 Å². The summed E-state index contributed by atoms with van der Waals surface area (Å²) in [5.74, 6) is -0.331. The first-order valence-corrected chi connectivity index (χ1v) is 9.64. The summed E-state index contributed by atoms with van der Waals surface area (Å²) in [4.78, 5) is 22.9. The molecule has 3 aliphatic rings. The molecule has 5 atom stereocenters. The Hall–Kier alpha value is -2.74. The topological polar surface area (TPSA) is 96.2 Å². The summed E-state index contributed by atoms with van der Waals surface area (Å²) in [5, 5.41) is 6.35. The number of halogens is 1. The van der Waals surface area contributed by atoms with Crippen molar-refractivity contribution in [3.05, 3.63) is 41.8 Å². The van der Waals surface area contributed by atoms with Crippen LogP contribution in [0.25, 0.3) is 0 Å². The van der Waals surface area contributed by atoms with E-state index < -0.39 is 5.82 Å². The van der Waals surface area contributed by atoms with Gasteiger partial charge in [0.25, 0.3) is 0 Å². The summed E-state index contributed by atoms with van der Waals surface area (Å²) in [7, 11) is 2.11. The van der Waals surface area contributed by atoms with Crippen molar-refractivity contribution >= 4 is 23.4 Å². The molecule has 0 spiro atoms. The Morgan fingerprint density at radius 2 is 2.21 bits per heavy atom. The number of primary amides is 1. The predicted octanol–water partition coefficient (Wildman–Crippen LogP) is 2.10. The van der Waals surface area contributed by atoms with Gasteiger partial charge < -0.3 is 16.4 Å². The van der Waals surface area contributed by atoms with Crippen molar-refractivity contribution in [3.8, 4) is 0 Å². The molecule has 8 heteroatoms. The van der Waals surface area contributed by atoms with Gasteiger partial charge in [0.05, 0.1) is 12.1 Å². The van der Waals surface area contributed by atoms with Gasteiger partial charge in [0.15, 0.2) is 11.6 Å². The highest BCUT2D eigenvalue weighted by atomic mass is 19.1. The Morgan fingerprint density at radius 1 is 1.36 bits per heavy atom. The maximum Gasteiger partial charge on any atom is 0.229 e. The Kier molecular flexibility index (Phi) is 3.97. The van der Waals surface area contributed by atoms with E-state index in [-0.39, 0.29) is 35.5 Å². The summed E-state index contributed by atoms with van der Waals surface area (Å²) in [5.41, 5.74) is 7.75. The van der Waals surface area contributed by atoms with Crippen molar-refractivity contribution in [1.29, 1.82) is 0 Å². The van der Waals surface area contributed by atoms with Gasteiger partial charge in [-0.25, -0.2) is 9.37 Å². The molecule has 28 heavy (non-hydrogen) atoms. The number of anilines is 3. The molecule has 1 amide bonds. The zero-order valence-electron chi connectivity index (χ0n) is 15.6. The largest absolute Gasteiger partial charge is 0.369 e. The molecule has 1 aromatic carbocycles. The normalized spacial score (nSPS) is 31.1. The molecule has 5 rings (SSSR count). The molecule has 1 aliphatic heterocycles. The van der Waals surface area contributed by atoms with Gasteiger partial charge >= 0.3 is 0 Å². The monoisotopic (exact) mass is 382 g/mol. The van der Waals surface area contributed by atoms with Crippen molar-refractivity contribution < 1.29 is 9.18 Å². The summed E-state index contributed by atoms with van der Waals surface area (Å²) in [6.07, 6.45) is 3.00. The van der Waals surface area contributed by atoms with Gasteiger partial charge in [-0.05, 0) is 49.4 Å². The van der Waals surface area contributed by atoms with Crippen molar-refractivity contribution in [2.24, 2.45) is 23.5 Å². The Balaban J connectivity index is 1.60. The highest BCUT2D eigenvalue weighted by molar-refractivity contribution is 5.79. The maximum atomic E-state index is 14.5. The third-order valence-electron chi connectivity index (χ3n) is 6.53. The lowest BCUT2D eigenvalue weighted by atomic mass is 9.80. The lowest BCUT2D eigenvalue weighted by Crippen LogP contribution is -2.50. The molecule has 6 bridgehead atoms. The lowest BCUT2D eigenvalue weighted by molar-refractivity contribution is -0.123. The molecule has 2 aliphatic carbocycles. The molecule has 2 fully saturated rings. The standard InChI is InChI=1S/C20H23FN6O/c1-27-9-10-3-2-4-12(5-10)24-20-23-8-14(21)19(26-20)25-17-13-6-11(7-15(13)27)16(17)18(22)28/h2-5,8,11,13,15-17H,6-7,9H2,1H3,(H2,22,28)(H2,23,24,25,26). The van der Waals surface area contributed by atoms with E-state index in [2.05, 4.69) is 44.7 Å². The minimum absolute atomic E-state index is 0.109. The van der Waals surface area contributed by atoms with E-state index >= 15 is 0 Å². The van der Waals surface area contributed by atoms with Crippen LogP contribution in [0, 0.1) is 23.6 Å². The second-order valence-corrected chi connectivity index (χ2v) is 8.19. The van der Waals surface area contributed by atoms with Crippen molar-refractivity contribution in [2.75, 3.05) is 17.7 Å². The van der Waals surface area contributed by atoms with Gasteiger partial charge in [0.1, 0.15) is 0 Å². The van der Waals surface area contributed by atoms with Gasteiger partial charge in [-0.1, -0.05) is 12.1 Å². The third-order valence-corrected chi connectivity index (χ3v) is 6.53. The highest BCUT2D eigenvalue weighted by Gasteiger charge is 2.56. The number of hydrogen-bond acceptors (Lipinski definition) is 6. The number of rotatable bonds is 1. The Bertz CT molecular complexity index is 937. The zero-order valence-corrected chi connectivity index (χ0v) is 15.6. The van der Waals surface area contributed by atoms with Crippen LogP contribution in [0.4, 0.5) is 21.8 Å². The fraction of sp³-hybridized carbons (Fsp3) is 0.450. The molecule has 2 saturated carbocycles. The molecule has 2 aromatic rings. The van der Waals surface area contributed by atoms with E-state index in [9.17, 15) is 9.18 Å². The number of carbonyl (C=O) groups excluding carboxylic acids is 1. The van der Waals surface area contributed by atoms with E-state index in [0.29, 0.717) is 12.0 Å². The Morgan fingerprint density at radius 3 is 3.04 bits per heavy atom. The number of nitrogens with one attached hydrogen (secondary N) is 2. The van der Waals surface area contributed by atoms with Gasteiger partial charge in [-0.3, -0.25) is 9.69 Å². The van der Waals surface area contributed by atoms with E-state index in [1.54, 1.807) is 0 Å². The molecule has 2 heterocycles. The summed E-state index contributed by atoms with van der Waals surface area (Å²) in [6, 6.07) is 8.14. The minimum Gasteiger partial charge on any atom is -0.369 e. The molecule has 4 N–H and O–H groups in total. The predicted molar refractivity (Wildman–Crippen MR) is 103 cm³/mol. The maximum absolute atomic E-state index is 14.5. The van der Waals surface area contributed by atoms with Crippen LogP contribution in [0.3, 0.4) is 0 Å². The quantitative estimate of drug-likeness (QED) is 0.699. The van der Waals surface area contributed by atoms with Crippen molar-refractivity contribution in [3.63, 3.8) is 0 Å². The molecular weight excluding hydrogens is 359 g/mol. The Labute approximate surface area is 162 Å². The van der Waals surface area contributed by atoms with Crippen LogP contribution in [0.2, 0.25) is 0 Å². The molecule has 146 valence electrons. The minimum atomic E-state index is -0.537. The van der Waals surface area contributed by atoms with Gasteiger partial charge in [0.2, 0.25) is 11.9 Å². The molecule has 1 aromatic heterocycles. The molecule has 7 nitrogen and oxygen atoms in total. The number of nitrogens with zero attached hydrogens (tertiary/aromatic N) is 3. The second-order valence-electron chi connectivity index (χ2n) is 8.19. The van der Waals surface area contributed by atoms with Gasteiger partial charge in [0, 0.05) is 24.3 Å². The number of hydrogen-bond donors (Lipinski definition) is 3. The van der Waals surface area contributed by atoms with Crippen LogP contribution in [-0.2, 0) is 11.3 Å². The summed E-state index contributed by atoms with van der Waals surface area (Å²) in [6.45, 7) is 0.796. The number of fused-ring (bicyclic) bond motifs is 5. The second kappa shape index (κ2) is 6.41. The average molecular weight is 382 g/mol. The molecule has 0 radical (unpaired) electrons. The number of aromatic nitrogens is 2. The third kappa shape index (κ3) is 2.79. The first-order valence-electron chi connectivity index (χ1n) is 9.64. The lowest BCUT2D eigenvalue weighted by Gasteiger charge is -2.39.